The van der Waals surface area contributed by atoms with Crippen LogP contribution in [-0.4, -0.2) is 16.8 Å². The van der Waals surface area contributed by atoms with Crippen LogP contribution in [0.4, 0.5) is 20.2 Å². The van der Waals surface area contributed by atoms with E-state index in [4.69, 9.17) is 11.6 Å². The lowest BCUT2D eigenvalue weighted by Gasteiger charge is -2.08. The summed E-state index contributed by atoms with van der Waals surface area (Å²) >= 11 is 5.87. The fourth-order valence-electron chi connectivity index (χ4n) is 2.24. The van der Waals surface area contributed by atoms with Crippen LogP contribution in [0.15, 0.2) is 60.9 Å². The number of hydrogen-bond acceptors (Lipinski definition) is 3. The summed E-state index contributed by atoms with van der Waals surface area (Å²) in [6.07, 6.45) is 2.52. The zero-order chi connectivity index (χ0) is 19.4. The summed E-state index contributed by atoms with van der Waals surface area (Å²) in [5.74, 6) is -2.85. The van der Waals surface area contributed by atoms with Gasteiger partial charge in [0.2, 0.25) is 0 Å². The number of benzene rings is 2. The Kier molecular flexibility index (Phi) is 5.42. The first kappa shape index (κ1) is 18.5. The Morgan fingerprint density at radius 2 is 1.59 bits per heavy atom. The van der Waals surface area contributed by atoms with Crippen molar-refractivity contribution < 1.29 is 18.4 Å². The van der Waals surface area contributed by atoms with Crippen molar-refractivity contribution in [2.75, 3.05) is 10.6 Å². The maximum absolute atomic E-state index is 13.7. The van der Waals surface area contributed by atoms with E-state index in [1.807, 2.05) is 0 Å². The molecule has 27 heavy (non-hydrogen) atoms. The van der Waals surface area contributed by atoms with Gasteiger partial charge in [-0.3, -0.25) is 14.6 Å². The van der Waals surface area contributed by atoms with E-state index in [0.717, 1.165) is 12.1 Å². The van der Waals surface area contributed by atoms with Crippen LogP contribution in [0.25, 0.3) is 0 Å². The summed E-state index contributed by atoms with van der Waals surface area (Å²) < 4.78 is 26.6. The molecule has 8 heteroatoms. The van der Waals surface area contributed by atoms with Crippen molar-refractivity contribution in [3.63, 3.8) is 0 Å². The third-order valence-electron chi connectivity index (χ3n) is 3.52. The van der Waals surface area contributed by atoms with E-state index in [1.165, 1.54) is 18.5 Å². The molecule has 0 aliphatic rings. The number of aromatic nitrogens is 1. The van der Waals surface area contributed by atoms with Gasteiger partial charge in [0.05, 0.1) is 16.8 Å². The molecule has 136 valence electrons. The highest BCUT2D eigenvalue weighted by Gasteiger charge is 2.14. The zero-order valence-corrected chi connectivity index (χ0v) is 14.4. The molecule has 1 heterocycles. The van der Waals surface area contributed by atoms with Gasteiger partial charge in [0.1, 0.15) is 11.6 Å². The van der Waals surface area contributed by atoms with Crippen LogP contribution < -0.4 is 10.6 Å². The molecule has 5 nitrogen and oxygen atoms in total. The molecule has 2 aromatic carbocycles. The van der Waals surface area contributed by atoms with Gasteiger partial charge in [0.15, 0.2) is 0 Å². The number of rotatable bonds is 4. The Hall–Kier alpha value is -3.32. The predicted octanol–water partition coefficient (Wildman–Crippen LogP) is 4.52. The molecule has 0 fully saturated rings. The Morgan fingerprint density at radius 3 is 2.26 bits per heavy atom. The second-order valence-corrected chi connectivity index (χ2v) is 5.94. The first-order valence-electron chi connectivity index (χ1n) is 7.71. The van der Waals surface area contributed by atoms with E-state index in [1.54, 1.807) is 24.3 Å². The molecule has 0 bridgehead atoms. The van der Waals surface area contributed by atoms with Gasteiger partial charge in [-0.15, -0.1) is 0 Å². The molecular formula is C19H12ClF2N3O2. The highest BCUT2D eigenvalue weighted by atomic mass is 35.5. The number of amides is 2. The van der Waals surface area contributed by atoms with Crippen molar-refractivity contribution in [3.05, 3.63) is 88.7 Å². The van der Waals surface area contributed by atoms with E-state index in [9.17, 15) is 18.4 Å². The summed E-state index contributed by atoms with van der Waals surface area (Å²) in [5, 5.41) is 5.40. The van der Waals surface area contributed by atoms with E-state index in [-0.39, 0.29) is 16.8 Å². The lowest BCUT2D eigenvalue weighted by Crippen LogP contribution is -2.16. The molecule has 3 rings (SSSR count). The van der Waals surface area contributed by atoms with Crippen LogP contribution in [0.5, 0.6) is 0 Å². The smallest absolute Gasteiger partial charge is 0.257 e. The molecule has 0 saturated carbocycles. The monoisotopic (exact) mass is 387 g/mol. The minimum atomic E-state index is -0.911. The van der Waals surface area contributed by atoms with Gasteiger partial charge in [-0.05, 0) is 36.4 Å². The van der Waals surface area contributed by atoms with Crippen molar-refractivity contribution in [1.29, 1.82) is 0 Å². The van der Waals surface area contributed by atoms with Crippen molar-refractivity contribution in [1.82, 2.24) is 4.98 Å². The van der Waals surface area contributed by atoms with E-state index in [0.29, 0.717) is 16.8 Å². The summed E-state index contributed by atoms with van der Waals surface area (Å²) in [4.78, 5) is 28.5. The van der Waals surface area contributed by atoms with Crippen LogP contribution in [0.2, 0.25) is 5.02 Å². The summed E-state index contributed by atoms with van der Waals surface area (Å²) in [7, 11) is 0. The molecule has 0 aliphatic carbocycles. The van der Waals surface area contributed by atoms with Crippen molar-refractivity contribution in [2.24, 2.45) is 0 Å². The first-order valence-corrected chi connectivity index (χ1v) is 8.08. The highest BCUT2D eigenvalue weighted by molar-refractivity contribution is 6.31. The molecule has 2 N–H and O–H groups in total. The van der Waals surface area contributed by atoms with Crippen LogP contribution in [0.1, 0.15) is 20.7 Å². The Morgan fingerprint density at radius 1 is 0.889 bits per heavy atom. The van der Waals surface area contributed by atoms with E-state index < -0.39 is 23.4 Å². The van der Waals surface area contributed by atoms with E-state index >= 15 is 0 Å². The SMILES string of the molecule is O=C(Nc1cccc(Cl)c1)c1cncc(C(=O)Nc2ccc(F)cc2F)c1. The Labute approximate surface area is 158 Å². The van der Waals surface area contributed by atoms with Crippen molar-refractivity contribution >= 4 is 34.8 Å². The number of anilines is 2. The molecule has 2 amide bonds. The topological polar surface area (TPSA) is 71.1 Å². The van der Waals surface area contributed by atoms with Crippen LogP contribution in [-0.2, 0) is 0 Å². The molecule has 1 aromatic heterocycles. The summed E-state index contributed by atoms with van der Waals surface area (Å²) in [6, 6.07) is 10.7. The second-order valence-electron chi connectivity index (χ2n) is 5.51. The van der Waals surface area contributed by atoms with Gasteiger partial charge in [0, 0.05) is 29.2 Å². The fraction of sp³-hybridized carbons (Fsp3) is 0. The van der Waals surface area contributed by atoms with Crippen LogP contribution >= 0.6 is 11.6 Å². The maximum Gasteiger partial charge on any atom is 0.257 e. The molecule has 3 aromatic rings. The predicted molar refractivity (Wildman–Crippen MR) is 98.0 cm³/mol. The Bertz CT molecular complexity index is 1030. The standard InChI is InChI=1S/C19H12ClF2N3O2/c20-13-2-1-3-15(7-13)24-18(26)11-6-12(10-23-9-11)19(27)25-17-5-4-14(21)8-16(17)22/h1-10H,(H,24,26)(H,25,27). The average molecular weight is 388 g/mol. The molecule has 0 atom stereocenters. The minimum Gasteiger partial charge on any atom is -0.322 e. The van der Waals surface area contributed by atoms with Gasteiger partial charge in [-0.25, -0.2) is 8.78 Å². The number of hydrogen-bond donors (Lipinski definition) is 2. The van der Waals surface area contributed by atoms with E-state index in [2.05, 4.69) is 15.6 Å². The van der Waals surface area contributed by atoms with Gasteiger partial charge in [-0.2, -0.15) is 0 Å². The number of nitrogens with one attached hydrogen (secondary N) is 2. The molecule has 0 aliphatic heterocycles. The highest BCUT2D eigenvalue weighted by Crippen LogP contribution is 2.18. The van der Waals surface area contributed by atoms with Crippen molar-refractivity contribution in [3.8, 4) is 0 Å². The lowest BCUT2D eigenvalue weighted by molar-refractivity contribution is 0.102. The zero-order valence-electron chi connectivity index (χ0n) is 13.7. The summed E-state index contributed by atoms with van der Waals surface area (Å²) in [6.45, 7) is 0. The average Bonchev–Trinajstić information content (AvgIpc) is 2.64. The normalized spacial score (nSPS) is 10.3. The third kappa shape index (κ3) is 4.65. The van der Waals surface area contributed by atoms with Crippen molar-refractivity contribution in [2.45, 2.75) is 0 Å². The number of pyridine rings is 1. The molecule has 0 unspecified atom stereocenters. The van der Waals surface area contributed by atoms with Crippen LogP contribution in [0.3, 0.4) is 0 Å². The van der Waals surface area contributed by atoms with Gasteiger partial charge < -0.3 is 10.6 Å². The molecule has 0 saturated heterocycles. The third-order valence-corrected chi connectivity index (χ3v) is 3.76. The Balaban J connectivity index is 1.76. The quantitative estimate of drug-likeness (QED) is 0.691. The minimum absolute atomic E-state index is 0.0393. The molecule has 0 spiro atoms. The molecular weight excluding hydrogens is 376 g/mol. The number of carbonyl (C=O) groups is 2. The van der Waals surface area contributed by atoms with Crippen LogP contribution in [0, 0.1) is 11.6 Å². The van der Waals surface area contributed by atoms with Gasteiger partial charge >= 0.3 is 0 Å². The number of halogens is 3. The van der Waals surface area contributed by atoms with Gasteiger partial charge in [-0.1, -0.05) is 17.7 Å². The second kappa shape index (κ2) is 7.92. The fourth-order valence-corrected chi connectivity index (χ4v) is 2.43. The maximum atomic E-state index is 13.7. The largest absolute Gasteiger partial charge is 0.322 e. The summed E-state index contributed by atoms with van der Waals surface area (Å²) in [5.41, 5.74) is 0.464. The first-order chi connectivity index (χ1) is 12.9. The number of nitrogens with zero attached hydrogens (tertiary/aromatic N) is 1. The number of carbonyl (C=O) groups excluding carboxylic acids is 2. The lowest BCUT2D eigenvalue weighted by atomic mass is 10.1. The molecule has 0 radical (unpaired) electrons. The van der Waals surface area contributed by atoms with Gasteiger partial charge in [0.25, 0.3) is 11.8 Å².